The lowest BCUT2D eigenvalue weighted by molar-refractivity contribution is 0.534. The molecule has 0 aliphatic heterocycles. The molecular weight excluding hydrogens is 454 g/mol. The molecule has 6 rings (SSSR count). The van der Waals surface area contributed by atoms with E-state index in [1.54, 1.807) is 18.6 Å². The van der Waals surface area contributed by atoms with E-state index < -0.39 is 0 Å². The third kappa shape index (κ3) is 3.61. The van der Waals surface area contributed by atoms with Crippen LogP contribution >= 0.6 is 0 Å². The van der Waals surface area contributed by atoms with E-state index in [0.717, 1.165) is 28.0 Å². The maximum Gasteiger partial charge on any atom is 0.218 e. The minimum absolute atomic E-state index is 0.240. The van der Waals surface area contributed by atoms with Gasteiger partial charge in [-0.05, 0) is 32.0 Å². The highest BCUT2D eigenvalue weighted by Gasteiger charge is 2.24. The molecule has 6 aromatic heterocycles. The largest absolute Gasteiger partial charge is 0.331 e. The number of aromatic nitrogens is 10. The summed E-state index contributed by atoms with van der Waals surface area (Å²) >= 11 is 0. The Morgan fingerprint density at radius 2 is 1.67 bits per heavy atom. The Kier molecular flexibility index (Phi) is 5.10. The van der Waals surface area contributed by atoms with Crippen LogP contribution in [0, 0.1) is 0 Å². The lowest BCUT2D eigenvalue weighted by atomic mass is 10.1. The van der Waals surface area contributed by atoms with Crippen LogP contribution in [0.1, 0.15) is 19.9 Å². The molecule has 180 valence electrons. The molecule has 0 bridgehead atoms. The molecule has 11 heteroatoms. The van der Waals surface area contributed by atoms with Gasteiger partial charge in [0.05, 0.1) is 11.4 Å². The fraction of sp³-hybridized carbons (Fsp3) is 0.200. The van der Waals surface area contributed by atoms with E-state index in [1.165, 1.54) is 0 Å². The molecule has 0 aliphatic rings. The average Bonchev–Trinajstić information content (AvgIpc) is 3.66. The topological polar surface area (TPSA) is 109 Å². The van der Waals surface area contributed by atoms with Gasteiger partial charge in [0.15, 0.2) is 11.6 Å². The number of imidazole rings is 2. The maximum absolute atomic E-state index is 4.91. The van der Waals surface area contributed by atoms with Gasteiger partial charge in [-0.1, -0.05) is 6.07 Å². The minimum atomic E-state index is 0.240. The van der Waals surface area contributed by atoms with Gasteiger partial charge in [-0.25, -0.2) is 19.5 Å². The van der Waals surface area contributed by atoms with Gasteiger partial charge in [-0.15, -0.1) is 5.10 Å². The number of fused-ring (bicyclic) bond motifs is 1. The van der Waals surface area contributed by atoms with Crippen LogP contribution in [0.3, 0.4) is 0 Å². The highest BCUT2D eigenvalue weighted by Crippen LogP contribution is 2.39. The second kappa shape index (κ2) is 8.45. The maximum atomic E-state index is 4.91. The normalized spacial score (nSPS) is 11.6. The van der Waals surface area contributed by atoms with Crippen LogP contribution in [-0.4, -0.2) is 48.5 Å². The number of hydrogen-bond acceptors (Lipinski definition) is 7. The van der Waals surface area contributed by atoms with E-state index >= 15 is 0 Å². The van der Waals surface area contributed by atoms with Crippen LogP contribution in [0.15, 0.2) is 67.6 Å². The molecule has 0 radical (unpaired) electrons. The van der Waals surface area contributed by atoms with Gasteiger partial charge >= 0.3 is 0 Å². The van der Waals surface area contributed by atoms with E-state index in [1.807, 2.05) is 81.5 Å². The Balaban J connectivity index is 1.67. The molecular formula is C25H25N11. The molecule has 0 aromatic carbocycles. The van der Waals surface area contributed by atoms with Crippen molar-refractivity contribution in [2.45, 2.75) is 19.9 Å². The summed E-state index contributed by atoms with van der Waals surface area (Å²) in [5, 5.41) is 13.1. The molecule has 0 saturated heterocycles. The van der Waals surface area contributed by atoms with Crippen LogP contribution < -0.4 is 5.32 Å². The van der Waals surface area contributed by atoms with Gasteiger partial charge in [-0.2, -0.15) is 5.10 Å². The van der Waals surface area contributed by atoms with Crippen molar-refractivity contribution >= 4 is 17.3 Å². The number of rotatable bonds is 6. The van der Waals surface area contributed by atoms with Crippen molar-refractivity contribution in [3.8, 4) is 34.2 Å². The van der Waals surface area contributed by atoms with Gasteiger partial charge in [0.2, 0.25) is 11.8 Å². The average molecular weight is 480 g/mol. The zero-order valence-corrected chi connectivity index (χ0v) is 20.4. The van der Waals surface area contributed by atoms with Crippen molar-refractivity contribution in [2.24, 2.45) is 14.1 Å². The van der Waals surface area contributed by atoms with Crippen molar-refractivity contribution in [1.29, 1.82) is 0 Å². The van der Waals surface area contributed by atoms with E-state index in [4.69, 9.17) is 15.2 Å². The van der Waals surface area contributed by atoms with Crippen molar-refractivity contribution in [2.75, 3.05) is 5.32 Å². The first-order valence-electron chi connectivity index (χ1n) is 11.6. The first kappa shape index (κ1) is 21.7. The van der Waals surface area contributed by atoms with Gasteiger partial charge in [0, 0.05) is 74.6 Å². The quantitative estimate of drug-likeness (QED) is 0.383. The molecule has 36 heavy (non-hydrogen) atoms. The monoisotopic (exact) mass is 479 g/mol. The second-order valence-corrected chi connectivity index (χ2v) is 8.83. The highest BCUT2D eigenvalue weighted by molar-refractivity contribution is 5.98. The van der Waals surface area contributed by atoms with Crippen LogP contribution in [0.5, 0.6) is 0 Å². The van der Waals surface area contributed by atoms with E-state index in [-0.39, 0.29) is 6.04 Å². The Hall–Kier alpha value is -4.80. The summed E-state index contributed by atoms with van der Waals surface area (Å²) in [7, 11) is 3.84. The molecule has 6 aromatic rings. The SMILES string of the molecule is CC(C)n1ccc(-c2cn3nc(-c4nccn4C)nc(Nc4nccn4C)c3c2-c2ccccn2)n1. The second-order valence-electron chi connectivity index (χ2n) is 8.83. The number of anilines is 2. The van der Waals surface area contributed by atoms with Crippen LogP contribution in [0.25, 0.3) is 39.7 Å². The third-order valence-electron chi connectivity index (χ3n) is 6.04. The highest BCUT2D eigenvalue weighted by atomic mass is 15.3. The molecule has 0 spiro atoms. The molecule has 0 aliphatic carbocycles. The lowest BCUT2D eigenvalue weighted by Crippen LogP contribution is -2.08. The van der Waals surface area contributed by atoms with Gasteiger partial charge in [-0.3, -0.25) is 9.67 Å². The minimum Gasteiger partial charge on any atom is -0.331 e. The summed E-state index contributed by atoms with van der Waals surface area (Å²) in [6.07, 6.45) is 13.0. The number of nitrogens with zero attached hydrogens (tertiary/aromatic N) is 10. The molecule has 0 amide bonds. The zero-order chi connectivity index (χ0) is 24.8. The zero-order valence-electron chi connectivity index (χ0n) is 20.4. The van der Waals surface area contributed by atoms with Gasteiger partial charge in [0.1, 0.15) is 5.52 Å². The molecule has 6 heterocycles. The first-order chi connectivity index (χ1) is 17.5. The lowest BCUT2D eigenvalue weighted by Gasteiger charge is -2.11. The summed E-state index contributed by atoms with van der Waals surface area (Å²) in [5.41, 5.74) is 4.18. The van der Waals surface area contributed by atoms with E-state index in [0.29, 0.717) is 23.4 Å². The van der Waals surface area contributed by atoms with Crippen molar-refractivity contribution in [3.05, 3.63) is 67.6 Å². The summed E-state index contributed by atoms with van der Waals surface area (Å²) in [6.45, 7) is 4.21. The molecule has 1 N–H and O–H groups in total. The fourth-order valence-electron chi connectivity index (χ4n) is 4.17. The first-order valence-corrected chi connectivity index (χ1v) is 11.6. The Bertz CT molecular complexity index is 1670. The summed E-state index contributed by atoms with van der Waals surface area (Å²) in [5.74, 6) is 2.37. The summed E-state index contributed by atoms with van der Waals surface area (Å²) in [4.78, 5) is 18.5. The molecule has 0 saturated carbocycles. The Morgan fingerprint density at radius 3 is 2.33 bits per heavy atom. The standard InChI is InChI=1S/C25H25N11/c1-16(2)35-12-8-18(31-35)17-15-36-21(20(17)19-7-5-6-9-26-19)22(30-25-28-11-14-34(25)4)29-23(32-36)24-27-10-13-33(24)3/h5-16H,1-4H3,(H,28,29,30,32). The van der Waals surface area contributed by atoms with Gasteiger partial charge in [0.25, 0.3) is 0 Å². The Morgan fingerprint density at radius 1 is 0.833 bits per heavy atom. The fourth-order valence-corrected chi connectivity index (χ4v) is 4.17. The van der Waals surface area contributed by atoms with Crippen molar-refractivity contribution in [1.82, 2.24) is 48.5 Å². The predicted molar refractivity (Wildman–Crippen MR) is 137 cm³/mol. The number of aryl methyl sites for hydroxylation is 2. The Labute approximate surface area is 207 Å². The van der Waals surface area contributed by atoms with Crippen molar-refractivity contribution in [3.63, 3.8) is 0 Å². The van der Waals surface area contributed by atoms with E-state index in [9.17, 15) is 0 Å². The smallest absolute Gasteiger partial charge is 0.218 e. The number of pyridine rings is 1. The van der Waals surface area contributed by atoms with Crippen molar-refractivity contribution < 1.29 is 0 Å². The molecule has 0 fully saturated rings. The molecule has 0 atom stereocenters. The van der Waals surface area contributed by atoms with E-state index in [2.05, 4.69) is 34.1 Å². The summed E-state index contributed by atoms with van der Waals surface area (Å²) < 4.78 is 7.56. The molecule has 0 unspecified atom stereocenters. The van der Waals surface area contributed by atoms with Crippen LogP contribution in [-0.2, 0) is 14.1 Å². The van der Waals surface area contributed by atoms with Crippen LogP contribution in [0.4, 0.5) is 11.8 Å². The van der Waals surface area contributed by atoms with Crippen LogP contribution in [0.2, 0.25) is 0 Å². The third-order valence-corrected chi connectivity index (χ3v) is 6.04. The van der Waals surface area contributed by atoms with Gasteiger partial charge < -0.3 is 14.5 Å². The molecule has 11 nitrogen and oxygen atoms in total. The number of nitrogens with one attached hydrogen (secondary N) is 1. The predicted octanol–water partition coefficient (Wildman–Crippen LogP) is 4.11. The summed E-state index contributed by atoms with van der Waals surface area (Å²) in [6, 6.07) is 8.11. The number of hydrogen-bond donors (Lipinski definition) is 1.